The van der Waals surface area contributed by atoms with Crippen molar-refractivity contribution >= 4 is 13.6 Å². The van der Waals surface area contributed by atoms with Gasteiger partial charge in [0, 0.05) is 17.8 Å². The fourth-order valence-corrected chi connectivity index (χ4v) is 6.93. The molecule has 0 aromatic rings. The second kappa shape index (κ2) is 7.54. The van der Waals surface area contributed by atoms with Crippen LogP contribution in [0.3, 0.4) is 0 Å². The Hall–Kier alpha value is -0.680. The van der Waals surface area contributed by atoms with Gasteiger partial charge in [-0.25, -0.2) is 4.57 Å². The molecule has 0 heterocycles. The molecule has 2 bridgehead atoms. The summed E-state index contributed by atoms with van der Waals surface area (Å²) < 4.78 is 28.4. The predicted octanol–water partition coefficient (Wildman–Crippen LogP) is 5.01. The zero-order chi connectivity index (χ0) is 20.8. The maximum Gasteiger partial charge on any atom is 0.529 e. The van der Waals surface area contributed by atoms with Gasteiger partial charge in [0.25, 0.3) is 0 Å². The Morgan fingerprint density at radius 2 is 1.86 bits per heavy atom. The Kier molecular flexibility index (Phi) is 5.93. The van der Waals surface area contributed by atoms with Crippen molar-refractivity contribution in [2.75, 3.05) is 13.2 Å². The number of fused-ring (bicyclic) bond motifs is 2. The van der Waals surface area contributed by atoms with Crippen LogP contribution in [0.25, 0.3) is 0 Å². The lowest BCUT2D eigenvalue weighted by atomic mass is 9.61. The van der Waals surface area contributed by atoms with E-state index in [1.165, 1.54) is 0 Å². The lowest BCUT2D eigenvalue weighted by molar-refractivity contribution is -0.160. The highest BCUT2D eigenvalue weighted by atomic mass is 31.2. The smallest absolute Gasteiger partial charge is 0.409 e. The maximum absolute atomic E-state index is 13.4. The summed E-state index contributed by atoms with van der Waals surface area (Å²) in [6, 6.07) is 0. The second-order valence-corrected chi connectivity index (χ2v) is 10.8. The largest absolute Gasteiger partial charge is 0.529 e. The van der Waals surface area contributed by atoms with Crippen molar-refractivity contribution < 1.29 is 28.0 Å². The Morgan fingerprint density at radius 3 is 2.29 bits per heavy atom. The van der Waals surface area contributed by atoms with Gasteiger partial charge in [0.1, 0.15) is 11.4 Å². The maximum atomic E-state index is 13.4. The minimum absolute atomic E-state index is 0.0293. The van der Waals surface area contributed by atoms with Crippen molar-refractivity contribution in [2.24, 2.45) is 22.7 Å². The van der Waals surface area contributed by atoms with Gasteiger partial charge in [-0.3, -0.25) is 13.8 Å². The quantitative estimate of drug-likeness (QED) is 0.562. The van der Waals surface area contributed by atoms with E-state index < -0.39 is 13.4 Å². The van der Waals surface area contributed by atoms with Crippen LogP contribution < -0.4 is 0 Å². The highest BCUT2D eigenvalue weighted by Crippen LogP contribution is 2.70. The van der Waals surface area contributed by atoms with Crippen molar-refractivity contribution in [3.8, 4) is 0 Å². The van der Waals surface area contributed by atoms with Crippen LogP contribution in [0, 0.1) is 22.7 Å². The number of carbonyl (C=O) groups is 1. The summed E-state index contributed by atoms with van der Waals surface area (Å²) in [5, 5.41) is 11.5. The molecule has 1 N–H and O–H groups in total. The molecule has 0 unspecified atom stereocenters. The topological polar surface area (TPSA) is 82.1 Å². The van der Waals surface area contributed by atoms with E-state index in [0.717, 1.165) is 12.8 Å². The fraction of sp³-hybridized carbons (Fsp3) is 0.857. The van der Waals surface area contributed by atoms with Crippen molar-refractivity contribution in [2.45, 2.75) is 78.7 Å². The number of Topliss-reactive ketones (excluding diaryl/α,β-unsaturated/α-hetero) is 1. The van der Waals surface area contributed by atoms with E-state index in [1.54, 1.807) is 19.9 Å². The molecular weight excluding hydrogens is 379 g/mol. The molecule has 7 heteroatoms. The molecule has 0 aromatic heterocycles. The minimum atomic E-state index is -3.61. The Bertz CT molecular complexity index is 691. The van der Waals surface area contributed by atoms with E-state index in [-0.39, 0.29) is 35.7 Å². The predicted molar refractivity (Wildman–Crippen MR) is 107 cm³/mol. The van der Waals surface area contributed by atoms with Gasteiger partial charge < -0.3 is 9.63 Å². The lowest BCUT2D eigenvalue weighted by Gasteiger charge is -2.45. The average Bonchev–Trinajstić information content (AvgIpc) is 2.94. The Morgan fingerprint density at radius 1 is 1.21 bits per heavy atom. The average molecular weight is 414 g/mol. The van der Waals surface area contributed by atoms with Crippen molar-refractivity contribution in [3.63, 3.8) is 0 Å². The van der Waals surface area contributed by atoms with Crippen LogP contribution in [0.15, 0.2) is 11.8 Å². The first kappa shape index (κ1) is 22.0. The molecular formula is C21H35O6P. The number of hydrogen-bond acceptors (Lipinski definition) is 6. The number of ketones is 1. The Balaban J connectivity index is 1.70. The van der Waals surface area contributed by atoms with Crippen LogP contribution in [0.1, 0.15) is 73.1 Å². The van der Waals surface area contributed by atoms with Crippen LogP contribution in [0.4, 0.5) is 0 Å². The lowest BCUT2D eigenvalue weighted by Crippen LogP contribution is -2.55. The van der Waals surface area contributed by atoms with Crippen LogP contribution in [0.5, 0.6) is 0 Å². The molecule has 0 spiro atoms. The molecule has 0 radical (unpaired) electrons. The summed E-state index contributed by atoms with van der Waals surface area (Å²) in [7, 11) is -3.61. The highest BCUT2D eigenvalue weighted by Gasteiger charge is 2.71. The summed E-state index contributed by atoms with van der Waals surface area (Å²) in [6.45, 7) is 10.4. The molecule has 4 atom stereocenters. The molecule has 6 nitrogen and oxygen atoms in total. The zero-order valence-electron chi connectivity index (χ0n) is 17.8. The summed E-state index contributed by atoms with van der Waals surface area (Å²) in [5.74, 6) is 0.676. The molecule has 2 fully saturated rings. The van der Waals surface area contributed by atoms with Gasteiger partial charge in [-0.15, -0.1) is 0 Å². The molecule has 0 aromatic carbocycles. The van der Waals surface area contributed by atoms with Gasteiger partial charge in [-0.2, -0.15) is 0 Å². The van der Waals surface area contributed by atoms with Crippen molar-refractivity contribution in [1.82, 2.24) is 0 Å². The first-order chi connectivity index (χ1) is 13.0. The molecule has 28 heavy (non-hydrogen) atoms. The SMILES string of the molecule is CCOP(=O)(OCC)OC1=CC[C@H](C(=O)[C@@]2(O)C[C@H]3CC[C@]2(C)C3(C)C)CC1. The van der Waals surface area contributed by atoms with E-state index in [1.807, 2.05) is 0 Å². The number of carbonyl (C=O) groups excluding carboxylic acids is 1. The van der Waals surface area contributed by atoms with Gasteiger partial charge in [-0.1, -0.05) is 20.8 Å². The van der Waals surface area contributed by atoms with Crippen LogP contribution in [-0.2, 0) is 22.9 Å². The third kappa shape index (κ3) is 3.30. The summed E-state index contributed by atoms with van der Waals surface area (Å²) in [5.41, 5.74) is -1.65. The standard InChI is InChI=1S/C21H35O6P/c1-6-25-28(24,26-7-2)27-17-10-8-15(9-11-17)18(22)21(23)14-16-12-13-20(21,5)19(16,3)4/h10,15-16,23H,6-9,11-14H2,1-5H3/t15-,16+,20+,21-/m0/s1. The van der Waals surface area contributed by atoms with Crippen LogP contribution in [0.2, 0.25) is 0 Å². The summed E-state index contributed by atoms with van der Waals surface area (Å²) in [4.78, 5) is 13.4. The highest BCUT2D eigenvalue weighted by molar-refractivity contribution is 7.48. The molecule has 3 rings (SSSR count). The van der Waals surface area contributed by atoms with Gasteiger partial charge in [-0.05, 0) is 63.4 Å². The van der Waals surface area contributed by atoms with Gasteiger partial charge >= 0.3 is 7.82 Å². The van der Waals surface area contributed by atoms with E-state index in [4.69, 9.17) is 13.6 Å². The number of hydrogen-bond donors (Lipinski definition) is 1. The molecule has 0 aliphatic heterocycles. The van der Waals surface area contributed by atoms with Crippen LogP contribution >= 0.6 is 7.82 Å². The monoisotopic (exact) mass is 414 g/mol. The molecule has 3 aliphatic rings. The Labute approximate surface area is 168 Å². The van der Waals surface area contributed by atoms with E-state index in [9.17, 15) is 14.5 Å². The third-order valence-electron chi connectivity index (χ3n) is 7.84. The molecule has 0 saturated heterocycles. The molecule has 0 amide bonds. The fourth-order valence-electron chi connectivity index (χ4n) is 5.67. The number of aliphatic hydroxyl groups is 1. The first-order valence-electron chi connectivity index (χ1n) is 10.6. The normalized spacial score (nSPS) is 37.0. The minimum Gasteiger partial charge on any atom is -0.409 e. The number of allylic oxidation sites excluding steroid dienone is 2. The van der Waals surface area contributed by atoms with E-state index in [2.05, 4.69) is 20.8 Å². The number of phosphoric ester groups is 1. The molecule has 160 valence electrons. The first-order valence-corrected chi connectivity index (χ1v) is 12.0. The molecule has 2 saturated carbocycles. The van der Waals surface area contributed by atoms with Gasteiger partial charge in [0.15, 0.2) is 5.78 Å². The van der Waals surface area contributed by atoms with Gasteiger partial charge in [0.2, 0.25) is 0 Å². The van der Waals surface area contributed by atoms with Crippen molar-refractivity contribution in [3.05, 3.63) is 11.8 Å². The third-order valence-corrected chi connectivity index (χ3v) is 9.45. The zero-order valence-corrected chi connectivity index (χ0v) is 18.7. The number of phosphoric acid groups is 1. The van der Waals surface area contributed by atoms with Gasteiger partial charge in [0.05, 0.1) is 13.2 Å². The number of rotatable bonds is 8. The van der Waals surface area contributed by atoms with E-state index in [0.29, 0.717) is 37.4 Å². The second-order valence-electron chi connectivity index (χ2n) is 9.23. The molecule has 3 aliphatic carbocycles. The van der Waals surface area contributed by atoms with E-state index >= 15 is 0 Å². The van der Waals surface area contributed by atoms with Crippen molar-refractivity contribution in [1.29, 1.82) is 0 Å². The van der Waals surface area contributed by atoms with Crippen LogP contribution in [-0.4, -0.2) is 29.7 Å². The summed E-state index contributed by atoms with van der Waals surface area (Å²) >= 11 is 0. The summed E-state index contributed by atoms with van der Waals surface area (Å²) in [6.07, 6.45) is 5.91.